The lowest BCUT2D eigenvalue weighted by atomic mass is 9.90. The Hall–Kier alpha value is -1.34. The summed E-state index contributed by atoms with van der Waals surface area (Å²) in [6.45, 7) is 2.38. The van der Waals surface area contributed by atoms with Crippen LogP contribution in [0, 0.1) is 5.92 Å². The maximum absolute atomic E-state index is 3.53. The van der Waals surface area contributed by atoms with Gasteiger partial charge >= 0.3 is 0 Å². The van der Waals surface area contributed by atoms with E-state index in [1.165, 1.54) is 30.3 Å². The molecule has 80 valence electrons. The Morgan fingerprint density at radius 3 is 2.75 bits per heavy atom. The van der Waals surface area contributed by atoms with E-state index in [1.54, 1.807) is 5.56 Å². The number of piperidine rings is 1. The summed E-state index contributed by atoms with van der Waals surface area (Å²) in [5.74, 6) is 0.887. The van der Waals surface area contributed by atoms with Crippen LogP contribution in [0.15, 0.2) is 42.5 Å². The number of benzene rings is 2. The molecule has 2 aromatic rings. The molecule has 2 aliphatic rings. The minimum atomic E-state index is 0.473. The number of hydrogen-bond acceptors (Lipinski definition) is 1. The zero-order valence-corrected chi connectivity index (χ0v) is 9.24. The maximum atomic E-state index is 3.53. The van der Waals surface area contributed by atoms with Crippen molar-refractivity contribution in [2.75, 3.05) is 13.1 Å². The Labute approximate surface area is 95.5 Å². The van der Waals surface area contributed by atoms with E-state index in [9.17, 15) is 0 Å². The van der Waals surface area contributed by atoms with E-state index in [1.807, 2.05) is 0 Å². The summed E-state index contributed by atoms with van der Waals surface area (Å²) in [6.07, 6.45) is 1.38. The molecule has 2 aromatic carbocycles. The molecular formula is C15H15N. The summed E-state index contributed by atoms with van der Waals surface area (Å²) in [4.78, 5) is 0. The second-order valence-electron chi connectivity index (χ2n) is 5.21. The number of rotatable bonds is 1. The molecule has 1 aliphatic carbocycles. The molecule has 0 aromatic heterocycles. The molecule has 4 rings (SSSR count). The molecule has 0 radical (unpaired) electrons. The van der Waals surface area contributed by atoms with Gasteiger partial charge in [-0.3, -0.25) is 0 Å². The van der Waals surface area contributed by atoms with Crippen LogP contribution in [0.1, 0.15) is 12.0 Å². The molecule has 0 unspecified atom stereocenters. The van der Waals surface area contributed by atoms with E-state index in [4.69, 9.17) is 0 Å². The van der Waals surface area contributed by atoms with Crippen LogP contribution in [0.2, 0.25) is 0 Å². The normalized spacial score (nSPS) is 31.6. The Balaban J connectivity index is 1.98. The molecule has 0 bridgehead atoms. The minimum Gasteiger partial charge on any atom is -0.316 e. The molecule has 2 fully saturated rings. The number of fused-ring (bicyclic) bond motifs is 2. The molecular weight excluding hydrogens is 194 g/mol. The lowest BCUT2D eigenvalue weighted by molar-refractivity contribution is 0.680. The van der Waals surface area contributed by atoms with Gasteiger partial charge in [-0.1, -0.05) is 42.5 Å². The quantitative estimate of drug-likeness (QED) is 0.761. The van der Waals surface area contributed by atoms with Gasteiger partial charge < -0.3 is 5.32 Å². The SMILES string of the molecule is c1ccc2c([C@@]34CNC[C@@H]3C4)cccc2c1. The van der Waals surface area contributed by atoms with E-state index in [0.717, 1.165) is 5.92 Å². The summed E-state index contributed by atoms with van der Waals surface area (Å²) in [5, 5.41) is 6.36. The summed E-state index contributed by atoms with van der Waals surface area (Å²) in [5.41, 5.74) is 2.04. The van der Waals surface area contributed by atoms with Gasteiger partial charge in [-0.05, 0) is 35.2 Å². The second kappa shape index (κ2) is 2.86. The monoisotopic (exact) mass is 209 g/mol. The van der Waals surface area contributed by atoms with Crippen LogP contribution in [-0.4, -0.2) is 13.1 Å². The molecule has 1 heteroatoms. The van der Waals surface area contributed by atoms with Gasteiger partial charge in [-0.25, -0.2) is 0 Å². The first kappa shape index (κ1) is 8.77. The zero-order chi connectivity index (χ0) is 10.6. The molecule has 1 saturated carbocycles. The molecule has 1 saturated heterocycles. The van der Waals surface area contributed by atoms with Crippen molar-refractivity contribution in [1.82, 2.24) is 5.32 Å². The van der Waals surface area contributed by atoms with Crippen molar-refractivity contribution < 1.29 is 0 Å². The van der Waals surface area contributed by atoms with Crippen LogP contribution < -0.4 is 5.32 Å². The van der Waals surface area contributed by atoms with E-state index in [-0.39, 0.29) is 0 Å². The Morgan fingerprint density at radius 2 is 1.94 bits per heavy atom. The number of nitrogens with one attached hydrogen (secondary N) is 1. The molecule has 2 atom stereocenters. The highest BCUT2D eigenvalue weighted by Crippen LogP contribution is 2.57. The van der Waals surface area contributed by atoms with Crippen molar-refractivity contribution in [3.8, 4) is 0 Å². The molecule has 0 amide bonds. The molecule has 1 heterocycles. The van der Waals surface area contributed by atoms with Crippen LogP contribution in [0.25, 0.3) is 10.8 Å². The summed E-state index contributed by atoms with van der Waals surface area (Å²) < 4.78 is 0. The first-order valence-electron chi connectivity index (χ1n) is 6.09. The smallest absolute Gasteiger partial charge is 0.0128 e. The fourth-order valence-corrected chi connectivity index (χ4v) is 3.42. The van der Waals surface area contributed by atoms with Crippen LogP contribution in [0.5, 0.6) is 0 Å². The van der Waals surface area contributed by atoms with Crippen LogP contribution in [0.3, 0.4) is 0 Å². The largest absolute Gasteiger partial charge is 0.316 e. The van der Waals surface area contributed by atoms with Crippen LogP contribution in [0.4, 0.5) is 0 Å². The second-order valence-corrected chi connectivity index (χ2v) is 5.21. The zero-order valence-electron chi connectivity index (χ0n) is 9.24. The van der Waals surface area contributed by atoms with Gasteiger partial charge in [0.05, 0.1) is 0 Å². The van der Waals surface area contributed by atoms with Gasteiger partial charge in [0.2, 0.25) is 0 Å². The summed E-state index contributed by atoms with van der Waals surface area (Å²) in [7, 11) is 0. The van der Waals surface area contributed by atoms with Gasteiger partial charge in [-0.15, -0.1) is 0 Å². The Morgan fingerprint density at radius 1 is 1.06 bits per heavy atom. The molecule has 1 N–H and O–H groups in total. The van der Waals surface area contributed by atoms with E-state index in [2.05, 4.69) is 47.8 Å². The van der Waals surface area contributed by atoms with E-state index < -0.39 is 0 Å². The predicted octanol–water partition coefficient (Wildman–Crippen LogP) is 2.70. The van der Waals surface area contributed by atoms with Gasteiger partial charge in [0.1, 0.15) is 0 Å². The fraction of sp³-hybridized carbons (Fsp3) is 0.333. The lowest BCUT2D eigenvalue weighted by Crippen LogP contribution is -2.19. The van der Waals surface area contributed by atoms with Crippen LogP contribution >= 0.6 is 0 Å². The van der Waals surface area contributed by atoms with Gasteiger partial charge in [-0.2, -0.15) is 0 Å². The van der Waals surface area contributed by atoms with Crippen molar-refractivity contribution in [3.63, 3.8) is 0 Å². The maximum Gasteiger partial charge on any atom is 0.0128 e. The van der Waals surface area contributed by atoms with Crippen molar-refractivity contribution in [2.24, 2.45) is 5.92 Å². The number of hydrogen-bond donors (Lipinski definition) is 1. The standard InChI is InChI=1S/C15H15N/c1-2-6-13-11(4-1)5-3-7-14(13)15-8-12(15)9-16-10-15/h1-7,12,16H,8-10H2/t12-,15-/m0/s1. The predicted molar refractivity (Wildman–Crippen MR) is 66.6 cm³/mol. The van der Waals surface area contributed by atoms with Crippen molar-refractivity contribution in [1.29, 1.82) is 0 Å². The minimum absolute atomic E-state index is 0.473. The average Bonchev–Trinajstić information content (AvgIpc) is 2.91. The van der Waals surface area contributed by atoms with Crippen molar-refractivity contribution >= 4 is 10.8 Å². The first-order valence-corrected chi connectivity index (χ1v) is 6.09. The molecule has 16 heavy (non-hydrogen) atoms. The van der Waals surface area contributed by atoms with Crippen LogP contribution in [-0.2, 0) is 5.41 Å². The third-order valence-corrected chi connectivity index (χ3v) is 4.39. The average molecular weight is 209 g/mol. The highest BCUT2D eigenvalue weighted by atomic mass is 15.0. The molecule has 0 spiro atoms. The lowest BCUT2D eigenvalue weighted by Gasteiger charge is -2.15. The topological polar surface area (TPSA) is 12.0 Å². The van der Waals surface area contributed by atoms with Gasteiger partial charge in [0.15, 0.2) is 0 Å². The van der Waals surface area contributed by atoms with E-state index >= 15 is 0 Å². The third kappa shape index (κ3) is 0.992. The highest BCUT2D eigenvalue weighted by molar-refractivity contribution is 5.87. The molecule has 1 aliphatic heterocycles. The summed E-state index contributed by atoms with van der Waals surface area (Å²) in [6, 6.07) is 15.5. The Kier molecular flexibility index (Phi) is 1.57. The van der Waals surface area contributed by atoms with E-state index in [0.29, 0.717) is 5.41 Å². The highest BCUT2D eigenvalue weighted by Gasteiger charge is 2.58. The van der Waals surface area contributed by atoms with Gasteiger partial charge in [0, 0.05) is 12.0 Å². The third-order valence-electron chi connectivity index (χ3n) is 4.39. The van der Waals surface area contributed by atoms with Crippen molar-refractivity contribution in [3.05, 3.63) is 48.0 Å². The Bertz CT molecular complexity index is 555. The first-order chi connectivity index (χ1) is 7.90. The van der Waals surface area contributed by atoms with Crippen molar-refractivity contribution in [2.45, 2.75) is 11.8 Å². The summed E-state index contributed by atoms with van der Waals surface area (Å²) >= 11 is 0. The van der Waals surface area contributed by atoms with Gasteiger partial charge in [0.25, 0.3) is 0 Å². The fourth-order valence-electron chi connectivity index (χ4n) is 3.42. The molecule has 1 nitrogen and oxygen atoms in total.